The van der Waals surface area contributed by atoms with Crippen LogP contribution in [0.4, 0.5) is 0 Å². The monoisotopic (exact) mass is 382 g/mol. The third-order valence-corrected chi connectivity index (χ3v) is 7.28. The van der Waals surface area contributed by atoms with Gasteiger partial charge in [0.15, 0.2) is 0 Å². The van der Waals surface area contributed by atoms with Gasteiger partial charge in [-0.3, -0.25) is 0 Å². The SMILES string of the molecule is COc1ccc2c(c1)[C@]1(CCNCCCn3ccnc3)CCN(C)[C@H](C2)[C@@H]1C. The van der Waals surface area contributed by atoms with E-state index in [0.29, 0.717) is 12.0 Å². The number of piperidine rings is 1. The number of nitrogens with one attached hydrogen (secondary N) is 1. The van der Waals surface area contributed by atoms with Gasteiger partial charge in [-0.25, -0.2) is 4.98 Å². The van der Waals surface area contributed by atoms with Gasteiger partial charge < -0.3 is 19.5 Å². The molecule has 1 N–H and O–H groups in total. The Balaban J connectivity index is 1.44. The second kappa shape index (κ2) is 8.26. The van der Waals surface area contributed by atoms with Gasteiger partial charge in [0.2, 0.25) is 0 Å². The van der Waals surface area contributed by atoms with Crippen LogP contribution in [-0.2, 0) is 18.4 Å². The van der Waals surface area contributed by atoms with Crippen LogP contribution in [0.15, 0.2) is 36.9 Å². The van der Waals surface area contributed by atoms with E-state index in [9.17, 15) is 0 Å². The van der Waals surface area contributed by atoms with Gasteiger partial charge in [-0.15, -0.1) is 0 Å². The molecule has 152 valence electrons. The fourth-order valence-corrected chi connectivity index (χ4v) is 5.51. The van der Waals surface area contributed by atoms with E-state index >= 15 is 0 Å². The van der Waals surface area contributed by atoms with Gasteiger partial charge in [-0.1, -0.05) is 13.0 Å². The van der Waals surface area contributed by atoms with E-state index in [0.717, 1.165) is 38.2 Å². The summed E-state index contributed by atoms with van der Waals surface area (Å²) in [5.41, 5.74) is 3.33. The van der Waals surface area contributed by atoms with Crippen LogP contribution in [0.25, 0.3) is 0 Å². The number of benzene rings is 1. The molecule has 1 aliphatic heterocycles. The average Bonchev–Trinajstić information content (AvgIpc) is 3.22. The standard InChI is InChI=1S/C23H34N4O/c1-18-22-15-19-5-6-20(28-3)16-21(19)23(18,8-13-26(22)2)7-10-24-9-4-12-27-14-11-25-17-27/h5-6,11,14,16-18,22,24H,4,7-10,12-13,15H2,1-3H3/t18-,22+,23+/m0/s1. The van der Waals surface area contributed by atoms with E-state index in [-0.39, 0.29) is 5.41 Å². The smallest absolute Gasteiger partial charge is 0.119 e. The zero-order valence-corrected chi connectivity index (χ0v) is 17.5. The van der Waals surface area contributed by atoms with Crippen molar-refractivity contribution in [2.75, 3.05) is 33.8 Å². The van der Waals surface area contributed by atoms with E-state index in [1.54, 1.807) is 12.7 Å². The molecule has 1 aliphatic carbocycles. The van der Waals surface area contributed by atoms with Gasteiger partial charge in [-0.05, 0) is 81.5 Å². The molecule has 1 aromatic carbocycles. The molecule has 0 spiro atoms. The van der Waals surface area contributed by atoms with Crippen LogP contribution in [0.5, 0.6) is 5.75 Å². The highest BCUT2D eigenvalue weighted by molar-refractivity contribution is 5.45. The molecule has 2 aromatic rings. The number of ether oxygens (including phenoxy) is 1. The predicted octanol–water partition coefficient (Wildman–Crippen LogP) is 3.10. The maximum Gasteiger partial charge on any atom is 0.119 e. The number of hydrogen-bond donors (Lipinski definition) is 1. The number of methoxy groups -OCH3 is 1. The number of rotatable bonds is 8. The second-order valence-corrected chi connectivity index (χ2v) is 8.62. The van der Waals surface area contributed by atoms with E-state index in [1.165, 1.54) is 24.9 Å². The first-order valence-electron chi connectivity index (χ1n) is 10.7. The van der Waals surface area contributed by atoms with Gasteiger partial charge in [0, 0.05) is 30.4 Å². The van der Waals surface area contributed by atoms with E-state index < -0.39 is 0 Å². The van der Waals surface area contributed by atoms with Gasteiger partial charge in [-0.2, -0.15) is 0 Å². The number of aromatic nitrogens is 2. The highest BCUT2D eigenvalue weighted by Gasteiger charge is 2.49. The van der Waals surface area contributed by atoms with Crippen molar-refractivity contribution in [3.8, 4) is 5.75 Å². The lowest BCUT2D eigenvalue weighted by atomic mass is 9.56. The molecular formula is C23H34N4O. The molecule has 0 saturated carbocycles. The lowest BCUT2D eigenvalue weighted by molar-refractivity contribution is 0.0360. The summed E-state index contributed by atoms with van der Waals surface area (Å²) in [5.74, 6) is 1.66. The summed E-state index contributed by atoms with van der Waals surface area (Å²) >= 11 is 0. The Morgan fingerprint density at radius 1 is 1.32 bits per heavy atom. The topological polar surface area (TPSA) is 42.3 Å². The Kier molecular flexibility index (Phi) is 5.74. The van der Waals surface area contributed by atoms with E-state index in [2.05, 4.69) is 51.9 Å². The van der Waals surface area contributed by atoms with Crippen LogP contribution >= 0.6 is 0 Å². The van der Waals surface area contributed by atoms with Crippen molar-refractivity contribution in [1.29, 1.82) is 0 Å². The summed E-state index contributed by atoms with van der Waals surface area (Å²) in [6.07, 6.45) is 10.5. The highest BCUT2D eigenvalue weighted by atomic mass is 16.5. The quantitative estimate of drug-likeness (QED) is 0.713. The van der Waals surface area contributed by atoms with Gasteiger partial charge >= 0.3 is 0 Å². The van der Waals surface area contributed by atoms with Gasteiger partial charge in [0.1, 0.15) is 5.75 Å². The van der Waals surface area contributed by atoms with Crippen LogP contribution in [0.2, 0.25) is 0 Å². The van der Waals surface area contributed by atoms with Gasteiger partial charge in [0.05, 0.1) is 13.4 Å². The highest BCUT2D eigenvalue weighted by Crippen LogP contribution is 2.51. The second-order valence-electron chi connectivity index (χ2n) is 8.62. The van der Waals surface area contributed by atoms with Crippen molar-refractivity contribution in [2.24, 2.45) is 5.92 Å². The summed E-state index contributed by atoms with van der Waals surface area (Å²) in [7, 11) is 4.08. The summed E-state index contributed by atoms with van der Waals surface area (Å²) in [6.45, 7) is 6.81. The Labute approximate surface area is 169 Å². The predicted molar refractivity (Wildman–Crippen MR) is 113 cm³/mol. The maximum atomic E-state index is 5.58. The summed E-state index contributed by atoms with van der Waals surface area (Å²) in [4.78, 5) is 6.69. The van der Waals surface area contributed by atoms with Crippen LogP contribution in [0.3, 0.4) is 0 Å². The Bertz CT molecular complexity index is 775. The molecule has 1 saturated heterocycles. The molecule has 0 radical (unpaired) electrons. The fraction of sp³-hybridized carbons (Fsp3) is 0.609. The molecule has 5 nitrogen and oxygen atoms in total. The summed E-state index contributed by atoms with van der Waals surface area (Å²) in [5, 5.41) is 3.71. The molecule has 5 heteroatoms. The van der Waals surface area contributed by atoms with Crippen LogP contribution in [0, 0.1) is 5.92 Å². The van der Waals surface area contributed by atoms with Crippen LogP contribution in [0.1, 0.15) is 37.3 Å². The third-order valence-electron chi connectivity index (χ3n) is 7.28. The number of aryl methyl sites for hydroxylation is 1. The molecule has 3 atom stereocenters. The van der Waals surface area contributed by atoms with Crippen molar-refractivity contribution < 1.29 is 4.74 Å². The number of fused-ring (bicyclic) bond motifs is 4. The first kappa shape index (κ1) is 19.5. The molecule has 0 unspecified atom stereocenters. The first-order chi connectivity index (χ1) is 13.6. The molecule has 2 bridgehead atoms. The number of likely N-dealkylation sites (tertiary alicyclic amines) is 1. The lowest BCUT2D eigenvalue weighted by Gasteiger charge is -2.55. The maximum absolute atomic E-state index is 5.58. The minimum Gasteiger partial charge on any atom is -0.497 e. The van der Waals surface area contributed by atoms with Crippen molar-refractivity contribution in [3.63, 3.8) is 0 Å². The van der Waals surface area contributed by atoms with Crippen LogP contribution in [-0.4, -0.2) is 54.3 Å². The van der Waals surface area contributed by atoms with E-state index in [1.807, 2.05) is 18.7 Å². The van der Waals surface area contributed by atoms with Crippen molar-refractivity contribution >= 4 is 0 Å². The van der Waals surface area contributed by atoms with Gasteiger partial charge in [0.25, 0.3) is 0 Å². The minimum atomic E-state index is 0.261. The van der Waals surface area contributed by atoms with Crippen LogP contribution < -0.4 is 10.1 Å². The fourth-order valence-electron chi connectivity index (χ4n) is 5.51. The van der Waals surface area contributed by atoms with E-state index in [4.69, 9.17) is 4.74 Å². The Morgan fingerprint density at radius 2 is 2.21 bits per heavy atom. The zero-order valence-electron chi connectivity index (χ0n) is 17.5. The third kappa shape index (κ3) is 3.58. The minimum absolute atomic E-state index is 0.261. The van der Waals surface area contributed by atoms with Crippen molar-refractivity contribution in [1.82, 2.24) is 19.8 Å². The largest absolute Gasteiger partial charge is 0.497 e. The molecular weight excluding hydrogens is 348 g/mol. The van der Waals surface area contributed by atoms with Crippen molar-refractivity contribution in [2.45, 2.75) is 50.6 Å². The lowest BCUT2D eigenvalue weighted by Crippen LogP contribution is -2.58. The number of imidazole rings is 1. The molecule has 1 aromatic heterocycles. The molecule has 4 rings (SSSR count). The molecule has 28 heavy (non-hydrogen) atoms. The number of nitrogens with zero attached hydrogens (tertiary/aromatic N) is 3. The first-order valence-corrected chi connectivity index (χ1v) is 10.7. The number of hydrogen-bond acceptors (Lipinski definition) is 4. The molecule has 2 heterocycles. The zero-order chi connectivity index (χ0) is 19.6. The Morgan fingerprint density at radius 3 is 3.00 bits per heavy atom. The molecule has 2 aliphatic rings. The molecule has 1 fully saturated rings. The van der Waals surface area contributed by atoms with Crippen molar-refractivity contribution in [3.05, 3.63) is 48.0 Å². The summed E-state index contributed by atoms with van der Waals surface area (Å²) in [6, 6.07) is 7.41. The summed E-state index contributed by atoms with van der Waals surface area (Å²) < 4.78 is 7.73. The Hall–Kier alpha value is -1.85. The normalized spacial score (nSPS) is 26.8. The average molecular weight is 383 g/mol. The molecule has 0 amide bonds. The number of likely N-dealkylation sites (N-methyl/N-ethyl adjacent to an activating group) is 1.